The summed E-state index contributed by atoms with van der Waals surface area (Å²) in [6.45, 7) is 8.33. The maximum Gasteiger partial charge on any atom is 0.223 e. The zero-order chi connectivity index (χ0) is 19.5. The summed E-state index contributed by atoms with van der Waals surface area (Å²) in [5.41, 5.74) is 3.22. The molecule has 1 aromatic heterocycles. The van der Waals surface area contributed by atoms with E-state index in [4.69, 9.17) is 9.72 Å². The van der Waals surface area contributed by atoms with Crippen LogP contribution < -0.4 is 4.74 Å². The third kappa shape index (κ3) is 3.65. The molecule has 5 nitrogen and oxygen atoms in total. The van der Waals surface area contributed by atoms with Gasteiger partial charge in [0.25, 0.3) is 0 Å². The van der Waals surface area contributed by atoms with Gasteiger partial charge in [0, 0.05) is 25.4 Å². The van der Waals surface area contributed by atoms with Crippen molar-refractivity contribution in [3.8, 4) is 5.75 Å². The van der Waals surface area contributed by atoms with Gasteiger partial charge < -0.3 is 14.2 Å². The Bertz CT molecular complexity index is 1010. The topological polar surface area (TPSA) is 47.4 Å². The largest absolute Gasteiger partial charge is 0.492 e. The first-order chi connectivity index (χ1) is 13.7. The van der Waals surface area contributed by atoms with E-state index in [1.54, 1.807) is 6.08 Å². The fourth-order valence-electron chi connectivity index (χ4n) is 3.88. The third-order valence-electron chi connectivity index (χ3n) is 5.19. The van der Waals surface area contributed by atoms with Gasteiger partial charge in [-0.05, 0) is 36.8 Å². The minimum absolute atomic E-state index is 0.0961. The van der Waals surface area contributed by atoms with Crippen LogP contribution in [-0.2, 0) is 11.3 Å². The molecule has 5 heteroatoms. The van der Waals surface area contributed by atoms with Crippen LogP contribution in [0, 0.1) is 6.92 Å². The van der Waals surface area contributed by atoms with Crippen LogP contribution in [0.1, 0.15) is 23.7 Å². The molecule has 0 unspecified atom stereocenters. The van der Waals surface area contributed by atoms with Crippen molar-refractivity contribution >= 4 is 16.9 Å². The van der Waals surface area contributed by atoms with Crippen molar-refractivity contribution in [2.45, 2.75) is 25.8 Å². The van der Waals surface area contributed by atoms with Gasteiger partial charge in [-0.25, -0.2) is 4.98 Å². The average Bonchev–Trinajstić information content (AvgIpc) is 3.23. The molecule has 0 bridgehead atoms. The third-order valence-corrected chi connectivity index (χ3v) is 5.19. The van der Waals surface area contributed by atoms with Crippen molar-refractivity contribution in [1.29, 1.82) is 0 Å². The van der Waals surface area contributed by atoms with Gasteiger partial charge >= 0.3 is 0 Å². The summed E-state index contributed by atoms with van der Waals surface area (Å²) in [7, 11) is 0. The van der Waals surface area contributed by atoms with Crippen molar-refractivity contribution in [3.63, 3.8) is 0 Å². The Morgan fingerprint density at radius 1 is 1.25 bits per heavy atom. The van der Waals surface area contributed by atoms with E-state index in [1.807, 2.05) is 41.3 Å². The molecule has 0 saturated carbocycles. The molecule has 1 amide bonds. The molecule has 2 aromatic carbocycles. The molecular formula is C23H25N3O2. The Morgan fingerprint density at radius 3 is 2.93 bits per heavy atom. The molecule has 1 fully saturated rings. The number of fused-ring (bicyclic) bond motifs is 1. The van der Waals surface area contributed by atoms with Crippen LogP contribution in [-0.4, -0.2) is 40.1 Å². The molecule has 1 aliphatic rings. The van der Waals surface area contributed by atoms with Crippen molar-refractivity contribution < 1.29 is 9.53 Å². The summed E-state index contributed by atoms with van der Waals surface area (Å²) in [5, 5.41) is 0. The van der Waals surface area contributed by atoms with E-state index < -0.39 is 0 Å². The van der Waals surface area contributed by atoms with E-state index >= 15 is 0 Å². The van der Waals surface area contributed by atoms with Crippen LogP contribution in [0.15, 0.2) is 61.2 Å². The Hall–Kier alpha value is -3.08. The van der Waals surface area contributed by atoms with Gasteiger partial charge in [-0.2, -0.15) is 0 Å². The summed E-state index contributed by atoms with van der Waals surface area (Å²) in [4.78, 5) is 19.0. The number of benzene rings is 2. The Morgan fingerprint density at radius 2 is 2.11 bits per heavy atom. The smallest absolute Gasteiger partial charge is 0.223 e. The normalized spacial score (nSPS) is 16.7. The number of aromatic nitrogens is 2. The van der Waals surface area contributed by atoms with Crippen molar-refractivity contribution in [1.82, 2.24) is 14.5 Å². The zero-order valence-electron chi connectivity index (χ0n) is 16.2. The van der Waals surface area contributed by atoms with E-state index in [9.17, 15) is 4.79 Å². The van der Waals surface area contributed by atoms with Gasteiger partial charge in [-0.15, -0.1) is 6.58 Å². The summed E-state index contributed by atoms with van der Waals surface area (Å²) >= 11 is 0. The van der Waals surface area contributed by atoms with E-state index in [-0.39, 0.29) is 11.8 Å². The molecule has 0 aliphatic carbocycles. The highest BCUT2D eigenvalue weighted by atomic mass is 16.5. The summed E-state index contributed by atoms with van der Waals surface area (Å²) in [5.74, 6) is 2.10. The average molecular weight is 375 g/mol. The number of para-hydroxylation sites is 2. The molecule has 1 saturated heterocycles. The first kappa shape index (κ1) is 18.3. The lowest BCUT2D eigenvalue weighted by molar-refractivity contribution is -0.127. The monoisotopic (exact) mass is 375 g/mol. The second-order valence-corrected chi connectivity index (χ2v) is 7.26. The quantitative estimate of drug-likeness (QED) is 0.588. The first-order valence-corrected chi connectivity index (χ1v) is 9.69. The summed E-state index contributed by atoms with van der Waals surface area (Å²) in [6, 6.07) is 16.2. The molecule has 144 valence electrons. The standard InChI is InChI=1S/C23H25N3O2/c1-3-11-25-16-18(15-22(25)27)23-24-20-9-4-5-10-21(20)26(23)12-13-28-19-8-6-7-17(2)14-19/h3-10,14,18H,1,11-13,15-16H2,2H3/t18-/m0/s1. The predicted molar refractivity (Wildman–Crippen MR) is 111 cm³/mol. The molecule has 2 heterocycles. The van der Waals surface area contributed by atoms with Crippen molar-refractivity contribution in [2.24, 2.45) is 0 Å². The molecule has 0 N–H and O–H groups in total. The van der Waals surface area contributed by atoms with E-state index in [0.29, 0.717) is 32.7 Å². The van der Waals surface area contributed by atoms with Gasteiger partial charge in [-0.3, -0.25) is 4.79 Å². The Balaban J connectivity index is 1.57. The van der Waals surface area contributed by atoms with E-state index in [2.05, 4.69) is 30.2 Å². The second-order valence-electron chi connectivity index (χ2n) is 7.26. The first-order valence-electron chi connectivity index (χ1n) is 9.69. The molecule has 0 spiro atoms. The molecular weight excluding hydrogens is 350 g/mol. The summed E-state index contributed by atoms with van der Waals surface area (Å²) < 4.78 is 8.18. The number of aryl methyl sites for hydroxylation is 1. The van der Waals surface area contributed by atoms with Crippen LogP contribution in [0.4, 0.5) is 0 Å². The number of imidazole rings is 1. The number of amides is 1. The van der Waals surface area contributed by atoms with Gasteiger partial charge in [0.1, 0.15) is 18.2 Å². The minimum atomic E-state index is 0.0961. The molecule has 28 heavy (non-hydrogen) atoms. The number of likely N-dealkylation sites (tertiary alicyclic amines) is 1. The molecule has 1 aliphatic heterocycles. The number of carbonyl (C=O) groups is 1. The summed E-state index contributed by atoms with van der Waals surface area (Å²) in [6.07, 6.45) is 2.27. The van der Waals surface area contributed by atoms with Crippen LogP contribution in [0.3, 0.4) is 0 Å². The number of rotatable bonds is 7. The maximum absolute atomic E-state index is 12.3. The number of ether oxygens (including phenoxy) is 1. The Labute approximate surface area is 165 Å². The van der Waals surface area contributed by atoms with Crippen molar-refractivity contribution in [3.05, 3.63) is 72.6 Å². The van der Waals surface area contributed by atoms with Gasteiger partial charge in [0.15, 0.2) is 0 Å². The minimum Gasteiger partial charge on any atom is -0.492 e. The van der Waals surface area contributed by atoms with Crippen LogP contribution >= 0.6 is 0 Å². The van der Waals surface area contributed by atoms with Gasteiger partial charge in [0.05, 0.1) is 17.6 Å². The van der Waals surface area contributed by atoms with E-state index in [0.717, 1.165) is 22.6 Å². The highest BCUT2D eigenvalue weighted by molar-refractivity contribution is 5.81. The lowest BCUT2D eigenvalue weighted by Crippen LogP contribution is -2.25. The lowest BCUT2D eigenvalue weighted by Gasteiger charge is -2.16. The number of hydrogen-bond donors (Lipinski definition) is 0. The van der Waals surface area contributed by atoms with Crippen LogP contribution in [0.5, 0.6) is 5.75 Å². The number of carbonyl (C=O) groups excluding carboxylic acids is 1. The highest BCUT2D eigenvalue weighted by Gasteiger charge is 2.33. The zero-order valence-corrected chi connectivity index (χ0v) is 16.2. The SMILES string of the molecule is C=CCN1C[C@@H](c2nc3ccccc3n2CCOc2cccc(C)c2)CC1=O. The molecule has 0 radical (unpaired) electrons. The van der Waals surface area contributed by atoms with Crippen LogP contribution in [0.25, 0.3) is 11.0 Å². The number of hydrogen-bond acceptors (Lipinski definition) is 3. The van der Waals surface area contributed by atoms with Crippen LogP contribution in [0.2, 0.25) is 0 Å². The van der Waals surface area contributed by atoms with Crippen molar-refractivity contribution in [2.75, 3.05) is 19.7 Å². The maximum atomic E-state index is 12.3. The Kier molecular flexibility index (Phi) is 5.15. The lowest BCUT2D eigenvalue weighted by atomic mass is 10.1. The fraction of sp³-hybridized carbons (Fsp3) is 0.304. The van der Waals surface area contributed by atoms with Gasteiger partial charge in [-0.1, -0.05) is 30.3 Å². The highest BCUT2D eigenvalue weighted by Crippen LogP contribution is 2.30. The second kappa shape index (κ2) is 7.89. The molecule has 4 rings (SSSR count). The predicted octanol–water partition coefficient (Wildman–Crippen LogP) is 3.93. The molecule has 1 atom stereocenters. The van der Waals surface area contributed by atoms with E-state index in [1.165, 1.54) is 5.56 Å². The number of nitrogens with zero attached hydrogens (tertiary/aromatic N) is 3. The van der Waals surface area contributed by atoms with Gasteiger partial charge in [0.2, 0.25) is 5.91 Å². The fourth-order valence-corrected chi connectivity index (χ4v) is 3.88. The molecule has 3 aromatic rings.